The normalized spacial score (nSPS) is 9.31. The first-order chi connectivity index (χ1) is 7.67. The minimum atomic E-state index is -1.00. The molecule has 1 radical (unpaired) electrons. The zero-order valence-corrected chi connectivity index (χ0v) is 8.75. The van der Waals surface area contributed by atoms with Crippen LogP contribution < -0.4 is 4.74 Å². The summed E-state index contributed by atoms with van der Waals surface area (Å²) in [6, 6.07) is 5.80. The van der Waals surface area contributed by atoms with E-state index in [1.807, 2.05) is 0 Å². The van der Waals surface area contributed by atoms with Gasteiger partial charge in [0.2, 0.25) is 0 Å². The van der Waals surface area contributed by atoms with E-state index in [9.17, 15) is 9.18 Å². The molecule has 16 heavy (non-hydrogen) atoms. The highest BCUT2D eigenvalue weighted by atomic mass is 35.5. The van der Waals surface area contributed by atoms with Gasteiger partial charge < -0.3 is 9.47 Å². The van der Waals surface area contributed by atoms with Gasteiger partial charge in [-0.1, -0.05) is 0 Å². The Labute approximate surface area is 96.1 Å². The van der Waals surface area contributed by atoms with Crippen LogP contribution in [-0.4, -0.2) is 18.6 Å². The fraction of sp³-hybridized carbons (Fsp3) is 0.200. The summed E-state index contributed by atoms with van der Waals surface area (Å²) in [5, 5.41) is 8.65. The zero-order chi connectivity index (χ0) is 12.0. The van der Waals surface area contributed by atoms with Crippen molar-refractivity contribution in [3.8, 4) is 11.8 Å². The number of ether oxygens (including phenoxy) is 2. The molecule has 1 rings (SSSR count). The molecule has 0 amide bonds. The van der Waals surface area contributed by atoms with Crippen LogP contribution in [0, 0.1) is 23.2 Å². The minimum Gasteiger partial charge on any atom is -0.433 e. The van der Waals surface area contributed by atoms with Crippen LogP contribution in [0.5, 0.6) is 5.75 Å². The van der Waals surface area contributed by atoms with E-state index in [-0.39, 0.29) is 23.8 Å². The molecule has 0 N–H and O–H groups in total. The largest absolute Gasteiger partial charge is 0.513 e. The Hall–Kier alpha value is -1.80. The Kier molecular flexibility index (Phi) is 4.55. The third kappa shape index (κ3) is 3.41. The SMILES string of the molecule is N#Cc1cc(F)[c]cc1OC(=O)OCCCl. The topological polar surface area (TPSA) is 59.3 Å². The van der Waals surface area contributed by atoms with Gasteiger partial charge in [-0.15, -0.1) is 11.6 Å². The molecule has 0 fully saturated rings. The van der Waals surface area contributed by atoms with Crippen LogP contribution in [0.3, 0.4) is 0 Å². The van der Waals surface area contributed by atoms with Crippen LogP contribution in [0.1, 0.15) is 5.56 Å². The van der Waals surface area contributed by atoms with Crippen molar-refractivity contribution in [1.29, 1.82) is 5.26 Å². The molecule has 0 aliphatic rings. The maximum absolute atomic E-state index is 12.7. The number of nitrogens with zero attached hydrogens (tertiary/aromatic N) is 1. The van der Waals surface area contributed by atoms with Crippen LogP contribution in [0.4, 0.5) is 9.18 Å². The van der Waals surface area contributed by atoms with E-state index in [1.54, 1.807) is 6.07 Å². The number of alkyl halides is 1. The van der Waals surface area contributed by atoms with E-state index in [0.29, 0.717) is 0 Å². The maximum atomic E-state index is 12.7. The van der Waals surface area contributed by atoms with Gasteiger partial charge in [0.25, 0.3) is 0 Å². The van der Waals surface area contributed by atoms with Crippen molar-refractivity contribution in [3.63, 3.8) is 0 Å². The first-order valence-electron chi connectivity index (χ1n) is 4.19. The van der Waals surface area contributed by atoms with E-state index in [2.05, 4.69) is 15.5 Å². The van der Waals surface area contributed by atoms with E-state index in [0.717, 1.165) is 12.1 Å². The maximum Gasteiger partial charge on any atom is 0.513 e. The molecule has 0 bridgehead atoms. The molecular formula is C10H6ClFNO3. The predicted molar refractivity (Wildman–Crippen MR) is 52.6 cm³/mol. The molecule has 0 spiro atoms. The second-order valence-corrected chi connectivity index (χ2v) is 2.94. The molecule has 0 atom stereocenters. The Morgan fingerprint density at radius 2 is 2.44 bits per heavy atom. The number of halogens is 2. The fourth-order valence-electron chi connectivity index (χ4n) is 0.865. The molecule has 0 aromatic heterocycles. The Morgan fingerprint density at radius 3 is 3.06 bits per heavy atom. The van der Waals surface area contributed by atoms with Crippen molar-refractivity contribution in [2.45, 2.75) is 0 Å². The summed E-state index contributed by atoms with van der Waals surface area (Å²) in [5.74, 6) is -0.683. The smallest absolute Gasteiger partial charge is 0.433 e. The van der Waals surface area contributed by atoms with Crippen LogP contribution in [0.25, 0.3) is 0 Å². The van der Waals surface area contributed by atoms with Gasteiger partial charge in [-0.05, 0) is 12.1 Å². The van der Waals surface area contributed by atoms with Crippen LogP contribution in [0.2, 0.25) is 0 Å². The lowest BCUT2D eigenvalue weighted by Gasteiger charge is -2.05. The Bertz CT molecular complexity index is 431. The van der Waals surface area contributed by atoms with Crippen LogP contribution >= 0.6 is 11.6 Å². The number of hydrogen-bond acceptors (Lipinski definition) is 4. The molecule has 0 unspecified atom stereocenters. The van der Waals surface area contributed by atoms with Gasteiger partial charge in [-0.2, -0.15) is 5.26 Å². The lowest BCUT2D eigenvalue weighted by atomic mass is 10.2. The van der Waals surface area contributed by atoms with E-state index in [1.165, 1.54) is 0 Å². The number of benzene rings is 1. The van der Waals surface area contributed by atoms with E-state index < -0.39 is 12.0 Å². The lowest BCUT2D eigenvalue weighted by molar-refractivity contribution is 0.105. The number of carbonyl (C=O) groups excluding carboxylic acids is 1. The van der Waals surface area contributed by atoms with Gasteiger partial charge in [0.05, 0.1) is 11.4 Å². The zero-order valence-electron chi connectivity index (χ0n) is 8.00. The summed E-state index contributed by atoms with van der Waals surface area (Å²) >= 11 is 5.29. The first kappa shape index (κ1) is 12.3. The molecule has 0 aliphatic carbocycles. The van der Waals surface area contributed by atoms with Gasteiger partial charge in [0, 0.05) is 6.07 Å². The number of carbonyl (C=O) groups is 1. The molecule has 0 aliphatic heterocycles. The van der Waals surface area contributed by atoms with Gasteiger partial charge in [-0.3, -0.25) is 0 Å². The molecule has 0 saturated carbocycles. The van der Waals surface area contributed by atoms with Crippen molar-refractivity contribution in [3.05, 3.63) is 29.6 Å². The van der Waals surface area contributed by atoms with E-state index >= 15 is 0 Å². The highest BCUT2D eigenvalue weighted by Crippen LogP contribution is 2.18. The van der Waals surface area contributed by atoms with Crippen molar-refractivity contribution in [1.82, 2.24) is 0 Å². The molecule has 83 valence electrons. The summed E-state index contributed by atoms with van der Waals surface area (Å²) in [6.07, 6.45) is -1.00. The second-order valence-electron chi connectivity index (χ2n) is 2.56. The molecule has 0 saturated heterocycles. The minimum absolute atomic E-state index is 0.00676. The highest BCUT2D eigenvalue weighted by Gasteiger charge is 2.11. The van der Waals surface area contributed by atoms with Crippen LogP contribution in [-0.2, 0) is 4.74 Å². The van der Waals surface area contributed by atoms with Gasteiger partial charge in [-0.25, -0.2) is 9.18 Å². The number of nitriles is 1. The molecule has 0 heterocycles. The summed E-state index contributed by atoms with van der Waals surface area (Å²) < 4.78 is 21.8. The first-order valence-corrected chi connectivity index (χ1v) is 4.72. The monoisotopic (exact) mass is 242 g/mol. The Balaban J connectivity index is 2.74. The predicted octanol–water partition coefficient (Wildman–Crippen LogP) is 2.25. The van der Waals surface area contributed by atoms with Crippen molar-refractivity contribution in [2.75, 3.05) is 12.5 Å². The highest BCUT2D eigenvalue weighted by molar-refractivity contribution is 6.18. The van der Waals surface area contributed by atoms with Crippen LogP contribution in [0.15, 0.2) is 12.1 Å². The van der Waals surface area contributed by atoms with Crippen molar-refractivity contribution < 1.29 is 18.7 Å². The van der Waals surface area contributed by atoms with E-state index in [4.69, 9.17) is 16.9 Å². The number of hydrogen-bond donors (Lipinski definition) is 0. The fourth-order valence-corrected chi connectivity index (χ4v) is 0.942. The van der Waals surface area contributed by atoms with Gasteiger partial charge >= 0.3 is 6.16 Å². The summed E-state index contributed by atoms with van der Waals surface area (Å²) in [6.45, 7) is -0.00676. The Morgan fingerprint density at radius 1 is 1.69 bits per heavy atom. The van der Waals surface area contributed by atoms with Gasteiger partial charge in [0.1, 0.15) is 18.5 Å². The molecule has 1 aromatic carbocycles. The quantitative estimate of drug-likeness (QED) is 0.463. The molecule has 1 aromatic rings. The van der Waals surface area contributed by atoms with Crippen molar-refractivity contribution >= 4 is 17.8 Å². The molecule has 6 heteroatoms. The third-order valence-electron chi connectivity index (χ3n) is 1.49. The second kappa shape index (κ2) is 5.93. The number of rotatable bonds is 3. The standard InChI is InChI=1S/C10H6ClFNO3/c11-3-4-15-10(14)16-9-2-1-8(12)5-7(9)6-13/h2,5H,3-4H2. The molecule has 4 nitrogen and oxygen atoms in total. The average molecular weight is 243 g/mol. The summed E-state index contributed by atoms with van der Waals surface area (Å²) in [4.78, 5) is 11.0. The van der Waals surface area contributed by atoms with Crippen molar-refractivity contribution in [2.24, 2.45) is 0 Å². The van der Waals surface area contributed by atoms with Gasteiger partial charge in [0.15, 0.2) is 5.75 Å². The lowest BCUT2D eigenvalue weighted by Crippen LogP contribution is -2.12. The molecular weight excluding hydrogens is 237 g/mol. The third-order valence-corrected chi connectivity index (χ3v) is 1.64. The summed E-state index contributed by atoms with van der Waals surface area (Å²) in [5.41, 5.74) is -0.112. The summed E-state index contributed by atoms with van der Waals surface area (Å²) in [7, 11) is 0. The average Bonchev–Trinajstić information content (AvgIpc) is 2.28.